The summed E-state index contributed by atoms with van der Waals surface area (Å²) in [6, 6.07) is 2.24. The smallest absolute Gasteiger partial charge is 0.319 e. The third-order valence-corrected chi connectivity index (χ3v) is 4.46. The Labute approximate surface area is 166 Å². The van der Waals surface area contributed by atoms with E-state index in [4.69, 9.17) is 21.1 Å². The van der Waals surface area contributed by atoms with E-state index in [1.807, 2.05) is 29.8 Å². The van der Waals surface area contributed by atoms with Crippen molar-refractivity contribution in [1.29, 1.82) is 0 Å². The first-order chi connectivity index (χ1) is 13.1. The molecule has 9 heteroatoms. The molecule has 0 atom stereocenters. The van der Waals surface area contributed by atoms with Crippen molar-refractivity contribution in [2.45, 2.75) is 6.92 Å². The molecule has 3 aromatic heterocycles. The van der Waals surface area contributed by atoms with E-state index >= 15 is 0 Å². The third-order valence-electron chi connectivity index (χ3n) is 3.63. The number of halogens is 1. The van der Waals surface area contributed by atoms with Crippen LogP contribution in [-0.2, 0) is 0 Å². The van der Waals surface area contributed by atoms with Crippen molar-refractivity contribution in [2.24, 2.45) is 0 Å². The van der Waals surface area contributed by atoms with Crippen molar-refractivity contribution in [3.05, 3.63) is 40.3 Å². The first kappa shape index (κ1) is 19.1. The Kier molecular flexibility index (Phi) is 6.20. The molecule has 0 bridgehead atoms. The zero-order valence-corrected chi connectivity index (χ0v) is 16.6. The Morgan fingerprint density at radius 3 is 2.67 bits per heavy atom. The highest BCUT2D eigenvalue weighted by Crippen LogP contribution is 2.36. The average Bonchev–Trinajstić information content (AvgIpc) is 3.21. The highest BCUT2D eigenvalue weighted by atomic mass is 35.5. The molecule has 3 heterocycles. The Morgan fingerprint density at radius 1 is 1.19 bits per heavy atom. The molecule has 3 rings (SSSR count). The summed E-state index contributed by atoms with van der Waals surface area (Å²) in [6.07, 6.45) is 5.25. The molecular weight excluding hydrogens is 386 g/mol. The maximum Gasteiger partial charge on any atom is 0.319 e. The quantitative estimate of drug-likeness (QED) is 0.631. The summed E-state index contributed by atoms with van der Waals surface area (Å²) in [7, 11) is 3.05. The van der Waals surface area contributed by atoms with Gasteiger partial charge in [0.2, 0.25) is 11.8 Å². The molecule has 0 amide bonds. The Balaban J connectivity index is 2.09. The van der Waals surface area contributed by atoms with E-state index in [9.17, 15) is 0 Å². The van der Waals surface area contributed by atoms with Crippen LogP contribution in [0.2, 0.25) is 0 Å². The van der Waals surface area contributed by atoms with Gasteiger partial charge in [0.25, 0.3) is 0 Å². The Hall–Kier alpha value is -2.71. The van der Waals surface area contributed by atoms with Crippen molar-refractivity contribution < 1.29 is 9.47 Å². The predicted octanol–water partition coefficient (Wildman–Crippen LogP) is 4.23. The summed E-state index contributed by atoms with van der Waals surface area (Å²) >= 11 is 7.47. The summed E-state index contributed by atoms with van der Waals surface area (Å²) in [4.78, 5) is 17.5. The molecule has 0 radical (unpaired) electrons. The number of hydrogen-bond donors (Lipinski definition) is 1. The van der Waals surface area contributed by atoms with Crippen molar-refractivity contribution >= 4 is 28.9 Å². The first-order valence-corrected chi connectivity index (χ1v) is 9.35. The second-order valence-electron chi connectivity index (χ2n) is 5.42. The summed E-state index contributed by atoms with van der Waals surface area (Å²) in [6.45, 7) is 2.33. The van der Waals surface area contributed by atoms with Gasteiger partial charge < -0.3 is 14.8 Å². The van der Waals surface area contributed by atoms with Crippen molar-refractivity contribution in [1.82, 2.24) is 19.9 Å². The molecule has 0 saturated carbocycles. The van der Waals surface area contributed by atoms with E-state index in [1.165, 1.54) is 7.11 Å². The normalized spacial score (nSPS) is 11.3. The van der Waals surface area contributed by atoms with E-state index in [1.54, 1.807) is 30.8 Å². The van der Waals surface area contributed by atoms with Crippen LogP contribution in [0.25, 0.3) is 22.4 Å². The van der Waals surface area contributed by atoms with Gasteiger partial charge in [-0.3, -0.25) is 0 Å². The van der Waals surface area contributed by atoms with Gasteiger partial charge in [-0.1, -0.05) is 17.7 Å². The first-order valence-electron chi connectivity index (χ1n) is 8.03. The van der Waals surface area contributed by atoms with E-state index < -0.39 is 0 Å². The minimum absolute atomic E-state index is 0.225. The van der Waals surface area contributed by atoms with Crippen molar-refractivity contribution in [3.8, 4) is 34.3 Å². The van der Waals surface area contributed by atoms with Gasteiger partial charge in [-0.15, -0.1) is 0 Å². The maximum atomic E-state index is 5.87. The number of aromatic nitrogens is 4. The van der Waals surface area contributed by atoms with Gasteiger partial charge in [-0.2, -0.15) is 16.3 Å². The Bertz CT molecular complexity index is 943. The van der Waals surface area contributed by atoms with Crippen LogP contribution in [0.3, 0.4) is 0 Å². The number of hydrogen-bond acceptors (Lipinski definition) is 8. The number of thiophene rings is 1. The third kappa shape index (κ3) is 4.53. The predicted molar refractivity (Wildman–Crippen MR) is 108 cm³/mol. The highest BCUT2D eigenvalue weighted by molar-refractivity contribution is 7.08. The van der Waals surface area contributed by atoms with Gasteiger partial charge in [0.05, 0.1) is 25.5 Å². The Morgan fingerprint density at radius 2 is 2.00 bits per heavy atom. The van der Waals surface area contributed by atoms with Gasteiger partial charge in [-0.05, 0) is 29.3 Å². The second kappa shape index (κ2) is 8.79. The zero-order valence-electron chi connectivity index (χ0n) is 15.1. The van der Waals surface area contributed by atoms with Crippen LogP contribution in [0.5, 0.6) is 11.9 Å². The SMILES string of the molecule is COc1ncc(-c2nc(NC/C=C(/C)Cl)ncc2-c2ccsc2)c(OC)n1. The fraction of sp³-hybridized carbons (Fsp3) is 0.222. The molecule has 27 heavy (non-hydrogen) atoms. The van der Waals surface area contributed by atoms with Gasteiger partial charge >= 0.3 is 6.01 Å². The maximum absolute atomic E-state index is 5.87. The lowest BCUT2D eigenvalue weighted by Crippen LogP contribution is -2.06. The van der Waals surface area contributed by atoms with E-state index in [0.29, 0.717) is 34.7 Å². The zero-order chi connectivity index (χ0) is 19.2. The number of ether oxygens (including phenoxy) is 2. The van der Waals surface area contributed by atoms with Crippen molar-refractivity contribution in [3.63, 3.8) is 0 Å². The fourth-order valence-corrected chi connectivity index (χ4v) is 3.08. The second-order valence-corrected chi connectivity index (χ2v) is 6.80. The number of methoxy groups -OCH3 is 2. The number of anilines is 1. The van der Waals surface area contributed by atoms with E-state index in [-0.39, 0.29) is 6.01 Å². The number of rotatable bonds is 7. The topological polar surface area (TPSA) is 82.1 Å². The van der Waals surface area contributed by atoms with Crippen LogP contribution in [0.1, 0.15) is 6.92 Å². The summed E-state index contributed by atoms with van der Waals surface area (Å²) in [5.41, 5.74) is 3.18. The van der Waals surface area contributed by atoms with Crippen LogP contribution in [0.15, 0.2) is 40.3 Å². The van der Waals surface area contributed by atoms with Crippen LogP contribution in [0.4, 0.5) is 5.95 Å². The van der Waals surface area contributed by atoms with Crippen LogP contribution >= 0.6 is 22.9 Å². The number of allylic oxidation sites excluding steroid dienone is 1. The molecule has 140 valence electrons. The van der Waals surface area contributed by atoms with Gasteiger partial charge in [0.15, 0.2) is 0 Å². The molecule has 3 aromatic rings. The van der Waals surface area contributed by atoms with Crippen molar-refractivity contribution in [2.75, 3.05) is 26.1 Å². The molecular formula is C18H18ClN5O2S. The molecule has 7 nitrogen and oxygen atoms in total. The van der Waals surface area contributed by atoms with Crippen LogP contribution in [-0.4, -0.2) is 40.7 Å². The lowest BCUT2D eigenvalue weighted by molar-refractivity contribution is 0.353. The van der Waals surface area contributed by atoms with Gasteiger partial charge in [-0.25, -0.2) is 15.0 Å². The molecule has 0 aliphatic rings. The standard InChI is InChI=1S/C18H18ClN5O2S/c1-11(19)4-6-20-17-21-8-13(12-5-7-27-10-12)15(23-17)14-9-22-18(26-3)24-16(14)25-2/h4-5,7-10H,6H2,1-3H3,(H,20,21,23)/b11-4-. The largest absolute Gasteiger partial charge is 0.480 e. The molecule has 0 fully saturated rings. The number of nitrogens with one attached hydrogen (secondary N) is 1. The molecule has 0 saturated heterocycles. The molecule has 0 unspecified atom stereocenters. The molecule has 0 aromatic carbocycles. The van der Waals surface area contributed by atoms with E-state index in [0.717, 1.165) is 11.1 Å². The van der Waals surface area contributed by atoms with Gasteiger partial charge in [0.1, 0.15) is 0 Å². The van der Waals surface area contributed by atoms with Crippen LogP contribution in [0, 0.1) is 0 Å². The summed E-state index contributed by atoms with van der Waals surface area (Å²) in [5.74, 6) is 0.843. The fourth-order valence-electron chi connectivity index (χ4n) is 2.35. The minimum Gasteiger partial charge on any atom is -0.480 e. The summed E-state index contributed by atoms with van der Waals surface area (Å²) < 4.78 is 10.5. The monoisotopic (exact) mass is 403 g/mol. The number of nitrogens with zero attached hydrogens (tertiary/aromatic N) is 4. The van der Waals surface area contributed by atoms with E-state index in [2.05, 4.69) is 25.3 Å². The van der Waals surface area contributed by atoms with Gasteiger partial charge in [0, 0.05) is 29.5 Å². The van der Waals surface area contributed by atoms with Crippen LogP contribution < -0.4 is 14.8 Å². The molecule has 0 aliphatic heterocycles. The molecule has 1 N–H and O–H groups in total. The average molecular weight is 404 g/mol. The molecule has 0 aliphatic carbocycles. The summed E-state index contributed by atoms with van der Waals surface area (Å²) in [5, 5.41) is 7.86. The lowest BCUT2D eigenvalue weighted by atomic mass is 10.1. The minimum atomic E-state index is 0.225. The highest BCUT2D eigenvalue weighted by Gasteiger charge is 2.18. The lowest BCUT2D eigenvalue weighted by Gasteiger charge is -2.12. The molecule has 0 spiro atoms.